The monoisotopic (exact) mass is 508 g/mol. The van der Waals surface area contributed by atoms with E-state index >= 15 is 0 Å². The number of ether oxygens (including phenoxy) is 1. The zero-order valence-electron chi connectivity index (χ0n) is 18.3. The number of amides is 2. The van der Waals surface area contributed by atoms with Crippen LogP contribution in [0.15, 0.2) is 36.5 Å². The fourth-order valence-electron chi connectivity index (χ4n) is 4.57. The Balaban J connectivity index is 1.48. The van der Waals surface area contributed by atoms with Gasteiger partial charge < -0.3 is 19.6 Å². The van der Waals surface area contributed by atoms with E-state index in [1.807, 2.05) is 0 Å². The summed E-state index contributed by atoms with van der Waals surface area (Å²) in [6.45, 7) is 1.44. The van der Waals surface area contributed by atoms with Crippen LogP contribution in [0.5, 0.6) is 5.75 Å². The standard InChI is InChI=1S/C23H20ClF3N4O4/c24-19-18(21(33)29-6-4-15(5-7-29)30-8-9-35-22(30)34)28-20-17(23(25,26)27)11-14(12-31(19)20)13-2-1-3-16(32)10-13/h1-3,10-12,15,32H,4-9H2. The molecule has 0 aliphatic carbocycles. The summed E-state index contributed by atoms with van der Waals surface area (Å²) in [5, 5.41) is 9.52. The van der Waals surface area contributed by atoms with E-state index < -0.39 is 23.3 Å². The number of halogens is 4. The molecule has 2 amide bonds. The lowest BCUT2D eigenvalue weighted by Gasteiger charge is -2.35. The van der Waals surface area contributed by atoms with Gasteiger partial charge in [0, 0.05) is 25.3 Å². The van der Waals surface area contributed by atoms with Crippen LogP contribution in [0, 0.1) is 0 Å². The van der Waals surface area contributed by atoms with Crippen molar-refractivity contribution in [1.29, 1.82) is 0 Å². The number of phenols is 1. The van der Waals surface area contributed by atoms with E-state index in [1.165, 1.54) is 29.3 Å². The molecule has 0 saturated carbocycles. The van der Waals surface area contributed by atoms with Crippen molar-refractivity contribution < 1.29 is 32.6 Å². The molecule has 2 saturated heterocycles. The highest BCUT2D eigenvalue weighted by Crippen LogP contribution is 2.37. The second-order valence-electron chi connectivity index (χ2n) is 8.47. The van der Waals surface area contributed by atoms with Gasteiger partial charge >= 0.3 is 12.3 Å². The topological polar surface area (TPSA) is 87.4 Å². The number of likely N-dealkylation sites (tertiary alicyclic amines) is 1. The molecule has 1 N–H and O–H groups in total. The Labute approximate surface area is 202 Å². The summed E-state index contributed by atoms with van der Waals surface area (Å²) < 4.78 is 47.8. The van der Waals surface area contributed by atoms with Gasteiger partial charge in [-0.2, -0.15) is 13.2 Å². The quantitative estimate of drug-likeness (QED) is 0.565. The Morgan fingerprint density at radius 1 is 1.14 bits per heavy atom. The number of piperidine rings is 1. The second-order valence-corrected chi connectivity index (χ2v) is 8.82. The molecule has 1 aromatic carbocycles. The molecule has 12 heteroatoms. The molecule has 2 aliphatic heterocycles. The normalized spacial score (nSPS) is 17.3. The number of phenolic OH excluding ortho intramolecular Hbond substituents is 1. The summed E-state index contributed by atoms with van der Waals surface area (Å²) in [5.74, 6) is -0.678. The van der Waals surface area contributed by atoms with Crippen molar-refractivity contribution in [3.8, 4) is 16.9 Å². The van der Waals surface area contributed by atoms with E-state index in [1.54, 1.807) is 11.0 Å². The number of nitrogens with zero attached hydrogens (tertiary/aromatic N) is 4. The van der Waals surface area contributed by atoms with E-state index in [9.17, 15) is 27.9 Å². The summed E-state index contributed by atoms with van der Waals surface area (Å²) in [7, 11) is 0. The average molecular weight is 509 g/mol. The largest absolute Gasteiger partial charge is 0.508 e. The molecule has 184 valence electrons. The van der Waals surface area contributed by atoms with E-state index in [0.717, 1.165) is 10.5 Å². The maximum Gasteiger partial charge on any atom is 0.420 e. The first kappa shape index (κ1) is 23.3. The van der Waals surface area contributed by atoms with Gasteiger partial charge in [-0.05, 0) is 42.2 Å². The summed E-state index contributed by atoms with van der Waals surface area (Å²) in [5.41, 5.74) is -1.31. The summed E-state index contributed by atoms with van der Waals surface area (Å²) in [4.78, 5) is 32.1. The Morgan fingerprint density at radius 2 is 1.89 bits per heavy atom. The molecule has 0 atom stereocenters. The molecule has 0 unspecified atom stereocenters. The van der Waals surface area contributed by atoms with Crippen LogP contribution in [0.3, 0.4) is 0 Å². The number of pyridine rings is 1. The minimum atomic E-state index is -4.76. The van der Waals surface area contributed by atoms with Gasteiger partial charge in [0.2, 0.25) is 0 Å². The van der Waals surface area contributed by atoms with E-state index in [-0.39, 0.29) is 34.3 Å². The molecule has 0 radical (unpaired) electrons. The fraction of sp³-hybridized carbons (Fsp3) is 0.348. The average Bonchev–Trinajstić information content (AvgIpc) is 3.40. The van der Waals surface area contributed by atoms with Crippen molar-refractivity contribution in [3.05, 3.63) is 52.9 Å². The zero-order chi connectivity index (χ0) is 24.9. The van der Waals surface area contributed by atoms with Gasteiger partial charge in [0.1, 0.15) is 17.5 Å². The minimum absolute atomic E-state index is 0.0627. The van der Waals surface area contributed by atoms with Crippen LogP contribution in [0.2, 0.25) is 5.15 Å². The van der Waals surface area contributed by atoms with Gasteiger partial charge in [0.05, 0.1) is 12.1 Å². The Morgan fingerprint density at radius 3 is 2.51 bits per heavy atom. The summed E-state index contributed by atoms with van der Waals surface area (Å²) in [6.07, 6.45) is -2.74. The lowest BCUT2D eigenvalue weighted by molar-refractivity contribution is -0.136. The van der Waals surface area contributed by atoms with Crippen molar-refractivity contribution in [2.75, 3.05) is 26.2 Å². The maximum atomic E-state index is 13.9. The van der Waals surface area contributed by atoms with Gasteiger partial charge in [-0.1, -0.05) is 23.7 Å². The predicted molar refractivity (Wildman–Crippen MR) is 119 cm³/mol. The maximum absolute atomic E-state index is 13.9. The summed E-state index contributed by atoms with van der Waals surface area (Å²) in [6, 6.07) is 6.66. The van der Waals surface area contributed by atoms with Crippen molar-refractivity contribution in [1.82, 2.24) is 19.2 Å². The third-order valence-electron chi connectivity index (χ3n) is 6.33. The lowest BCUT2D eigenvalue weighted by Crippen LogP contribution is -2.47. The zero-order valence-corrected chi connectivity index (χ0v) is 19.0. The number of imidazole rings is 1. The predicted octanol–water partition coefficient (Wildman–Crippen LogP) is 4.44. The van der Waals surface area contributed by atoms with Crippen LogP contribution in [0.25, 0.3) is 16.8 Å². The van der Waals surface area contributed by atoms with Gasteiger partial charge in [-0.25, -0.2) is 9.78 Å². The molecule has 2 aliphatic rings. The lowest BCUT2D eigenvalue weighted by atomic mass is 10.0. The minimum Gasteiger partial charge on any atom is -0.508 e. The van der Waals surface area contributed by atoms with Crippen LogP contribution in [0.1, 0.15) is 28.9 Å². The Bertz CT molecular complexity index is 1320. The molecule has 5 rings (SSSR count). The van der Waals surface area contributed by atoms with Crippen LogP contribution in [-0.4, -0.2) is 68.6 Å². The highest BCUT2D eigenvalue weighted by atomic mass is 35.5. The number of hydrogen-bond acceptors (Lipinski definition) is 5. The number of carbonyl (C=O) groups is 2. The first-order chi connectivity index (χ1) is 16.6. The number of cyclic esters (lactones) is 1. The molecule has 3 aromatic rings. The molecule has 0 bridgehead atoms. The molecular weight excluding hydrogens is 489 g/mol. The Hall–Kier alpha value is -3.47. The van der Waals surface area contributed by atoms with Crippen molar-refractivity contribution in [2.45, 2.75) is 25.1 Å². The van der Waals surface area contributed by atoms with Gasteiger partial charge in [0.25, 0.3) is 5.91 Å². The molecule has 8 nitrogen and oxygen atoms in total. The van der Waals surface area contributed by atoms with Crippen LogP contribution in [0.4, 0.5) is 18.0 Å². The number of fused-ring (bicyclic) bond motifs is 1. The smallest absolute Gasteiger partial charge is 0.420 e. The fourth-order valence-corrected chi connectivity index (χ4v) is 4.82. The first-order valence-electron chi connectivity index (χ1n) is 10.9. The van der Waals surface area contributed by atoms with E-state index in [0.29, 0.717) is 44.6 Å². The number of benzene rings is 1. The third-order valence-corrected chi connectivity index (χ3v) is 6.70. The molecule has 2 aromatic heterocycles. The van der Waals surface area contributed by atoms with Crippen molar-refractivity contribution >= 4 is 29.2 Å². The number of aromatic nitrogens is 2. The van der Waals surface area contributed by atoms with Crippen LogP contribution in [-0.2, 0) is 10.9 Å². The number of alkyl halides is 3. The third kappa shape index (κ3) is 4.24. The number of aromatic hydroxyl groups is 1. The molecule has 0 spiro atoms. The SMILES string of the molecule is O=C(c1nc2c(C(F)(F)F)cc(-c3cccc(O)c3)cn2c1Cl)N1CCC(N2CCOC2=O)CC1. The van der Waals surface area contributed by atoms with Crippen LogP contribution < -0.4 is 0 Å². The van der Waals surface area contributed by atoms with Gasteiger partial charge in [-0.3, -0.25) is 9.20 Å². The summed E-state index contributed by atoms with van der Waals surface area (Å²) >= 11 is 6.40. The first-order valence-corrected chi connectivity index (χ1v) is 11.3. The molecule has 4 heterocycles. The van der Waals surface area contributed by atoms with Gasteiger partial charge in [-0.15, -0.1) is 0 Å². The van der Waals surface area contributed by atoms with E-state index in [2.05, 4.69) is 4.98 Å². The molecule has 2 fully saturated rings. The number of hydrogen-bond donors (Lipinski definition) is 1. The van der Waals surface area contributed by atoms with E-state index in [4.69, 9.17) is 16.3 Å². The van der Waals surface area contributed by atoms with Crippen molar-refractivity contribution in [3.63, 3.8) is 0 Å². The Kier molecular flexibility index (Phi) is 5.74. The number of rotatable bonds is 3. The number of carbonyl (C=O) groups excluding carboxylic acids is 2. The van der Waals surface area contributed by atoms with Crippen LogP contribution >= 0.6 is 11.6 Å². The van der Waals surface area contributed by atoms with Crippen molar-refractivity contribution in [2.24, 2.45) is 0 Å². The second kappa shape index (κ2) is 8.63. The highest BCUT2D eigenvalue weighted by molar-refractivity contribution is 6.33. The molecule has 35 heavy (non-hydrogen) atoms. The highest BCUT2D eigenvalue weighted by Gasteiger charge is 2.38. The molecular formula is C23H20ClF3N4O4. The van der Waals surface area contributed by atoms with Gasteiger partial charge in [0.15, 0.2) is 11.3 Å².